The number of amides is 1. The second-order valence-electron chi connectivity index (χ2n) is 8.55. The predicted molar refractivity (Wildman–Crippen MR) is 116 cm³/mol. The molecule has 7 heteroatoms. The maximum Gasteiger partial charge on any atom is 0.332 e. The fraction of sp³-hybridized carbons (Fsp3) is 0.333. The van der Waals surface area contributed by atoms with Crippen molar-refractivity contribution in [2.75, 3.05) is 13.1 Å². The molecule has 0 aliphatic carbocycles. The van der Waals surface area contributed by atoms with Gasteiger partial charge < -0.3 is 4.90 Å². The van der Waals surface area contributed by atoms with Gasteiger partial charge in [-0.3, -0.25) is 19.0 Å². The van der Waals surface area contributed by atoms with Gasteiger partial charge in [-0.15, -0.1) is 0 Å². The van der Waals surface area contributed by atoms with E-state index >= 15 is 0 Å². The van der Waals surface area contributed by atoms with Crippen LogP contribution in [0.1, 0.15) is 28.4 Å². The van der Waals surface area contributed by atoms with E-state index in [0.29, 0.717) is 31.9 Å². The third-order valence-electron chi connectivity index (χ3n) is 6.36. The van der Waals surface area contributed by atoms with E-state index in [-0.39, 0.29) is 24.3 Å². The van der Waals surface area contributed by atoms with E-state index < -0.39 is 11.1 Å². The molecule has 2 aromatic carbocycles. The summed E-state index contributed by atoms with van der Waals surface area (Å²) in [6.45, 7) is 3.83. The summed E-state index contributed by atoms with van der Waals surface area (Å²) in [6, 6.07) is 17.5. The molecule has 158 valence electrons. The van der Waals surface area contributed by atoms with Crippen molar-refractivity contribution in [2.24, 2.45) is 5.92 Å². The van der Waals surface area contributed by atoms with Gasteiger partial charge in [-0.25, -0.2) is 4.68 Å². The van der Waals surface area contributed by atoms with Crippen molar-refractivity contribution in [2.45, 2.75) is 32.4 Å². The first-order chi connectivity index (χ1) is 15.0. The van der Waals surface area contributed by atoms with Crippen molar-refractivity contribution in [1.82, 2.24) is 19.2 Å². The van der Waals surface area contributed by atoms with Crippen LogP contribution in [-0.2, 0) is 24.3 Å². The van der Waals surface area contributed by atoms with E-state index in [4.69, 9.17) is 0 Å². The summed E-state index contributed by atoms with van der Waals surface area (Å²) in [7, 11) is 0. The zero-order chi connectivity index (χ0) is 21.5. The molecule has 1 saturated heterocycles. The fourth-order valence-corrected chi connectivity index (χ4v) is 4.65. The van der Waals surface area contributed by atoms with Crippen LogP contribution >= 0.6 is 0 Å². The van der Waals surface area contributed by atoms with Crippen molar-refractivity contribution < 1.29 is 4.79 Å². The van der Waals surface area contributed by atoms with Crippen molar-refractivity contribution >= 4 is 5.91 Å². The molecule has 3 aromatic rings. The highest BCUT2D eigenvalue weighted by atomic mass is 16.2. The number of carbonyl (C=O) groups excluding carboxylic acids is 1. The van der Waals surface area contributed by atoms with Gasteiger partial charge in [0, 0.05) is 31.5 Å². The van der Waals surface area contributed by atoms with Gasteiger partial charge >= 0.3 is 11.1 Å². The van der Waals surface area contributed by atoms with Crippen LogP contribution in [0.4, 0.5) is 0 Å². The van der Waals surface area contributed by atoms with Crippen LogP contribution < -0.4 is 11.1 Å². The van der Waals surface area contributed by atoms with Gasteiger partial charge in [0.15, 0.2) is 0 Å². The van der Waals surface area contributed by atoms with Gasteiger partial charge in [0.1, 0.15) is 5.82 Å². The Morgan fingerprint density at radius 1 is 0.935 bits per heavy atom. The Bertz CT molecular complexity index is 1240. The second kappa shape index (κ2) is 7.65. The van der Waals surface area contributed by atoms with Crippen LogP contribution in [0.5, 0.6) is 0 Å². The summed E-state index contributed by atoms with van der Waals surface area (Å²) < 4.78 is 2.79. The van der Waals surface area contributed by atoms with Gasteiger partial charge in [0.05, 0.1) is 13.0 Å². The number of benzene rings is 2. The van der Waals surface area contributed by atoms with E-state index in [9.17, 15) is 14.4 Å². The minimum atomic E-state index is -0.596. The molecule has 3 heterocycles. The highest BCUT2D eigenvalue weighted by molar-refractivity contribution is 5.79. The summed E-state index contributed by atoms with van der Waals surface area (Å²) in [5.41, 5.74) is 1.93. The van der Waals surface area contributed by atoms with Crippen LogP contribution in [0.3, 0.4) is 0 Å². The quantitative estimate of drug-likeness (QED) is 0.605. The number of rotatable bonds is 4. The molecule has 1 fully saturated rings. The largest absolute Gasteiger partial charge is 0.341 e. The van der Waals surface area contributed by atoms with Gasteiger partial charge in [-0.2, -0.15) is 5.10 Å². The molecule has 0 bridgehead atoms. The Hall–Kier alpha value is -3.48. The molecule has 2 aliphatic heterocycles. The summed E-state index contributed by atoms with van der Waals surface area (Å²) in [5.74, 6) is 0.811. The maximum absolute atomic E-state index is 12.8. The number of nitrogens with zero attached hydrogens (tertiary/aromatic N) is 4. The third-order valence-corrected chi connectivity index (χ3v) is 6.36. The van der Waals surface area contributed by atoms with Gasteiger partial charge in [-0.1, -0.05) is 60.2 Å². The average molecular weight is 416 g/mol. The van der Waals surface area contributed by atoms with E-state index in [1.807, 2.05) is 66.4 Å². The smallest absolute Gasteiger partial charge is 0.332 e. The molecule has 2 aliphatic rings. The lowest BCUT2D eigenvalue weighted by atomic mass is 10.00. The molecular weight excluding hydrogens is 392 g/mol. The number of hydrogen-bond donors (Lipinski definition) is 0. The summed E-state index contributed by atoms with van der Waals surface area (Å²) in [4.78, 5) is 40.0. The summed E-state index contributed by atoms with van der Waals surface area (Å²) >= 11 is 0. The molecule has 0 N–H and O–H groups in total. The van der Waals surface area contributed by atoms with Crippen molar-refractivity contribution in [3.63, 3.8) is 0 Å². The van der Waals surface area contributed by atoms with E-state index in [2.05, 4.69) is 5.10 Å². The fourth-order valence-electron chi connectivity index (χ4n) is 4.65. The number of hydrogen-bond acceptors (Lipinski definition) is 4. The van der Waals surface area contributed by atoms with Crippen molar-refractivity contribution in [3.05, 3.63) is 97.8 Å². The van der Waals surface area contributed by atoms with Crippen LogP contribution in [0.25, 0.3) is 0 Å². The van der Waals surface area contributed by atoms with Gasteiger partial charge in [0.25, 0.3) is 0 Å². The molecule has 0 radical (unpaired) electrons. The molecule has 0 spiro atoms. The van der Waals surface area contributed by atoms with Crippen LogP contribution in [0.2, 0.25) is 0 Å². The van der Waals surface area contributed by atoms with E-state index in [0.717, 1.165) is 16.7 Å². The molecule has 1 amide bonds. The maximum atomic E-state index is 12.8. The molecule has 31 heavy (non-hydrogen) atoms. The minimum Gasteiger partial charge on any atom is -0.341 e. The number of aryl methyl sites for hydroxylation is 1. The van der Waals surface area contributed by atoms with Crippen LogP contribution in [0, 0.1) is 12.8 Å². The van der Waals surface area contributed by atoms with Crippen LogP contribution in [-0.4, -0.2) is 38.2 Å². The highest BCUT2D eigenvalue weighted by Crippen LogP contribution is 2.37. The first-order valence-electron chi connectivity index (χ1n) is 10.6. The minimum absolute atomic E-state index is 0.0164. The predicted octanol–water partition coefficient (Wildman–Crippen LogP) is 1.56. The van der Waals surface area contributed by atoms with Crippen LogP contribution in [0.15, 0.2) is 64.2 Å². The molecule has 7 nitrogen and oxygen atoms in total. The zero-order valence-electron chi connectivity index (χ0n) is 17.4. The van der Waals surface area contributed by atoms with Crippen molar-refractivity contribution in [1.29, 1.82) is 0 Å². The molecule has 5 rings (SSSR count). The number of aromatic nitrogens is 3. The standard InChI is InChI=1S/C24H24N4O3/c1-16-7-9-18(10-8-16)12-28-24(31)23(30)27-14-19-13-26(15-20(19)22(27)25-28)21(29)11-17-5-3-2-4-6-17/h2-10,19-20H,11-15H2,1H3/t19-,20+/m0/s1. The lowest BCUT2D eigenvalue weighted by Gasteiger charge is -2.18. The Balaban J connectivity index is 1.38. The SMILES string of the molecule is Cc1ccc(Cn2nc3n(c(=O)c2=O)C[C@@H]2CN(C(=O)Cc4ccccc4)C[C@@H]32)cc1. The molecular formula is C24H24N4O3. The average Bonchev–Trinajstić information content (AvgIpc) is 3.33. The molecule has 2 atom stereocenters. The normalized spacial score (nSPS) is 19.3. The Kier molecular flexibility index (Phi) is 4.81. The summed E-state index contributed by atoms with van der Waals surface area (Å²) in [5, 5.41) is 4.58. The number of fused-ring (bicyclic) bond motifs is 3. The highest BCUT2D eigenvalue weighted by Gasteiger charge is 2.44. The van der Waals surface area contributed by atoms with Gasteiger partial charge in [0.2, 0.25) is 5.91 Å². The Labute approximate surface area is 179 Å². The number of carbonyl (C=O) groups is 1. The lowest BCUT2D eigenvalue weighted by Crippen LogP contribution is -2.44. The number of likely N-dealkylation sites (tertiary alicyclic amines) is 1. The topological polar surface area (TPSA) is 77.2 Å². The Morgan fingerprint density at radius 2 is 1.68 bits per heavy atom. The summed E-state index contributed by atoms with van der Waals surface area (Å²) in [6.07, 6.45) is 0.368. The Morgan fingerprint density at radius 3 is 2.42 bits per heavy atom. The first kappa shape index (κ1) is 19.5. The zero-order valence-corrected chi connectivity index (χ0v) is 17.4. The van der Waals surface area contributed by atoms with E-state index in [1.54, 1.807) is 0 Å². The van der Waals surface area contributed by atoms with E-state index in [1.165, 1.54) is 9.25 Å². The monoisotopic (exact) mass is 416 g/mol. The van der Waals surface area contributed by atoms with Gasteiger partial charge in [-0.05, 0) is 18.1 Å². The lowest BCUT2D eigenvalue weighted by molar-refractivity contribution is -0.129. The molecule has 0 unspecified atom stereocenters. The molecule has 1 aromatic heterocycles. The molecule has 0 saturated carbocycles. The first-order valence-corrected chi connectivity index (χ1v) is 10.6. The second-order valence-corrected chi connectivity index (χ2v) is 8.55. The third kappa shape index (κ3) is 3.60. The van der Waals surface area contributed by atoms with Crippen molar-refractivity contribution in [3.8, 4) is 0 Å².